The molecule has 1 aliphatic rings. The van der Waals surface area contributed by atoms with Crippen LogP contribution < -0.4 is 15.1 Å². The van der Waals surface area contributed by atoms with Crippen LogP contribution in [0.3, 0.4) is 0 Å². The molecule has 0 aliphatic carbocycles. The number of ether oxygens (including phenoxy) is 1. The molecular weight excluding hydrogens is 466 g/mol. The Morgan fingerprint density at radius 1 is 1.14 bits per heavy atom. The molecular formula is C24H21F4N5O2. The highest BCUT2D eigenvalue weighted by atomic mass is 19.3. The zero-order valence-electron chi connectivity index (χ0n) is 18.8. The van der Waals surface area contributed by atoms with E-state index in [4.69, 9.17) is 0 Å². The number of nitrogens with zero attached hydrogens (tertiary/aromatic N) is 4. The Hall–Kier alpha value is -4.02. The fourth-order valence-electron chi connectivity index (χ4n) is 3.66. The minimum atomic E-state index is -3.04. The van der Waals surface area contributed by atoms with E-state index < -0.39 is 18.5 Å². The Kier molecular flexibility index (Phi) is 6.68. The highest BCUT2D eigenvalue weighted by Gasteiger charge is 2.35. The van der Waals surface area contributed by atoms with E-state index in [0.717, 1.165) is 6.92 Å². The molecule has 1 unspecified atom stereocenters. The first-order chi connectivity index (χ1) is 16.6. The first-order valence-electron chi connectivity index (χ1n) is 10.6. The molecule has 4 rings (SSSR count). The molecule has 7 nitrogen and oxygen atoms in total. The normalized spacial score (nSPS) is 16.0. The lowest BCUT2D eigenvalue weighted by atomic mass is 10.0. The molecule has 182 valence electrons. The Morgan fingerprint density at radius 2 is 1.89 bits per heavy atom. The van der Waals surface area contributed by atoms with Gasteiger partial charge >= 0.3 is 6.61 Å². The van der Waals surface area contributed by atoms with Crippen molar-refractivity contribution in [1.29, 1.82) is 0 Å². The number of anilines is 2. The Balaban J connectivity index is 1.55. The second kappa shape index (κ2) is 9.69. The largest absolute Gasteiger partial charge is 0.434 e. The van der Waals surface area contributed by atoms with Gasteiger partial charge in [-0.3, -0.25) is 4.79 Å². The van der Waals surface area contributed by atoms with Crippen LogP contribution in [0.1, 0.15) is 19.4 Å². The summed E-state index contributed by atoms with van der Waals surface area (Å²) < 4.78 is 57.7. The lowest BCUT2D eigenvalue weighted by molar-refractivity contribution is -0.119. The van der Waals surface area contributed by atoms with E-state index >= 15 is 0 Å². The summed E-state index contributed by atoms with van der Waals surface area (Å²) in [6, 6.07) is 10.1. The number of amides is 1. The number of nitrogens with one attached hydrogen (secondary N) is 1. The van der Waals surface area contributed by atoms with Gasteiger partial charge in [0.2, 0.25) is 0 Å². The molecule has 0 bridgehead atoms. The molecule has 1 amide bonds. The van der Waals surface area contributed by atoms with E-state index in [-0.39, 0.29) is 29.3 Å². The number of carbonyl (C=O) groups is 1. The van der Waals surface area contributed by atoms with Crippen LogP contribution in [0.25, 0.3) is 11.1 Å². The van der Waals surface area contributed by atoms with Crippen LogP contribution in [0, 0.1) is 5.92 Å². The Bertz CT molecular complexity index is 1250. The number of hydrazone groups is 1. The van der Waals surface area contributed by atoms with Gasteiger partial charge in [-0.05, 0) is 37.3 Å². The number of rotatable bonds is 8. The number of aromatic nitrogens is 2. The molecule has 0 spiro atoms. The lowest BCUT2D eigenvalue weighted by Gasteiger charge is -2.18. The first kappa shape index (κ1) is 24.1. The molecule has 0 fully saturated rings. The van der Waals surface area contributed by atoms with Crippen LogP contribution in [0.15, 0.2) is 66.3 Å². The van der Waals surface area contributed by atoms with Crippen LogP contribution in [0.2, 0.25) is 0 Å². The predicted molar refractivity (Wildman–Crippen MR) is 123 cm³/mol. The summed E-state index contributed by atoms with van der Waals surface area (Å²) in [5.41, 5.74) is 1.84. The first-order valence-corrected chi connectivity index (χ1v) is 10.6. The second-order valence-corrected chi connectivity index (χ2v) is 7.98. The Labute approximate surface area is 198 Å². The monoisotopic (exact) mass is 487 g/mol. The molecule has 1 N–H and O–H groups in total. The Morgan fingerprint density at radius 3 is 2.57 bits per heavy atom. The molecule has 1 atom stereocenters. The van der Waals surface area contributed by atoms with Crippen molar-refractivity contribution in [2.24, 2.45) is 11.0 Å². The van der Waals surface area contributed by atoms with E-state index in [1.807, 2.05) is 0 Å². The molecule has 35 heavy (non-hydrogen) atoms. The third-order valence-electron chi connectivity index (χ3n) is 5.44. The third-order valence-corrected chi connectivity index (χ3v) is 5.44. The van der Waals surface area contributed by atoms with Crippen molar-refractivity contribution in [3.05, 3.63) is 66.7 Å². The average molecular weight is 487 g/mol. The third kappa shape index (κ3) is 5.39. The van der Waals surface area contributed by atoms with Gasteiger partial charge in [0.05, 0.1) is 17.3 Å². The quantitative estimate of drug-likeness (QED) is 0.436. The molecule has 11 heteroatoms. The molecule has 3 aromatic rings. The highest BCUT2D eigenvalue weighted by Crippen LogP contribution is 2.36. The van der Waals surface area contributed by atoms with E-state index in [0.29, 0.717) is 22.6 Å². The number of halogens is 4. The van der Waals surface area contributed by atoms with Gasteiger partial charge in [0.15, 0.2) is 0 Å². The zero-order chi connectivity index (χ0) is 25.2. The topological polar surface area (TPSA) is 79.7 Å². The maximum atomic E-state index is 13.6. The van der Waals surface area contributed by atoms with E-state index in [1.54, 1.807) is 13.0 Å². The zero-order valence-corrected chi connectivity index (χ0v) is 18.8. The van der Waals surface area contributed by atoms with Crippen molar-refractivity contribution in [2.45, 2.75) is 26.4 Å². The number of hydrogen-bond acceptors (Lipinski definition) is 6. The summed E-state index contributed by atoms with van der Waals surface area (Å²) in [5, 5.41) is 8.53. The van der Waals surface area contributed by atoms with Crippen molar-refractivity contribution < 1.29 is 27.1 Å². The standard InChI is InChI=1S/C24H21F4N5O2/c1-14-20(12-31-17-5-3-4-16(8-17)24(2,27)28)22(34)33(32-14)18-6-7-21(35-23(25)26)19(9-18)15-10-29-13-30-11-15/h3-11,13,20,23,31H,12H2,1-2H3. The maximum Gasteiger partial charge on any atom is 0.387 e. The van der Waals surface area contributed by atoms with Gasteiger partial charge < -0.3 is 10.1 Å². The molecule has 0 saturated carbocycles. The number of benzene rings is 2. The van der Waals surface area contributed by atoms with Gasteiger partial charge in [-0.25, -0.2) is 23.8 Å². The number of alkyl halides is 4. The predicted octanol–water partition coefficient (Wildman–Crippen LogP) is 5.31. The summed E-state index contributed by atoms with van der Waals surface area (Å²) in [6.07, 6.45) is 4.17. The second-order valence-electron chi connectivity index (χ2n) is 7.98. The minimum Gasteiger partial charge on any atom is -0.434 e. The smallest absolute Gasteiger partial charge is 0.387 e. The summed E-state index contributed by atoms with van der Waals surface area (Å²) in [4.78, 5) is 21.0. The number of carbonyl (C=O) groups excluding carboxylic acids is 1. The average Bonchev–Trinajstić information content (AvgIpc) is 3.11. The van der Waals surface area contributed by atoms with Crippen molar-refractivity contribution in [1.82, 2.24) is 9.97 Å². The van der Waals surface area contributed by atoms with Crippen molar-refractivity contribution in [3.63, 3.8) is 0 Å². The van der Waals surface area contributed by atoms with Gasteiger partial charge in [-0.2, -0.15) is 13.9 Å². The summed E-state index contributed by atoms with van der Waals surface area (Å²) in [5.74, 6) is -4.10. The molecule has 1 aliphatic heterocycles. The number of hydrogen-bond donors (Lipinski definition) is 1. The van der Waals surface area contributed by atoms with E-state index in [2.05, 4.69) is 25.1 Å². The van der Waals surface area contributed by atoms with Crippen LogP contribution in [-0.2, 0) is 10.7 Å². The van der Waals surface area contributed by atoms with Crippen molar-refractivity contribution in [3.8, 4) is 16.9 Å². The van der Waals surface area contributed by atoms with Crippen LogP contribution in [0.5, 0.6) is 5.75 Å². The maximum absolute atomic E-state index is 13.6. The van der Waals surface area contributed by atoms with E-state index in [1.165, 1.54) is 60.1 Å². The molecule has 0 radical (unpaired) electrons. The minimum absolute atomic E-state index is 0.100. The van der Waals surface area contributed by atoms with Gasteiger partial charge in [0.25, 0.3) is 11.8 Å². The summed E-state index contributed by atoms with van der Waals surface area (Å²) in [6.45, 7) is -0.412. The molecule has 0 saturated heterocycles. The van der Waals surface area contributed by atoms with E-state index in [9.17, 15) is 22.4 Å². The van der Waals surface area contributed by atoms with Gasteiger partial charge in [-0.15, -0.1) is 0 Å². The SMILES string of the molecule is CC1=NN(c2ccc(OC(F)F)c(-c3cncnc3)c2)C(=O)C1CNc1cccc(C(C)(F)F)c1. The fourth-order valence-corrected chi connectivity index (χ4v) is 3.66. The van der Waals surface area contributed by atoms with Crippen molar-refractivity contribution >= 4 is 23.0 Å². The van der Waals surface area contributed by atoms with Gasteiger partial charge in [-0.1, -0.05) is 12.1 Å². The fraction of sp³-hybridized carbons (Fsp3) is 0.250. The molecule has 1 aromatic heterocycles. The molecule has 2 aromatic carbocycles. The summed E-state index contributed by atoms with van der Waals surface area (Å²) >= 11 is 0. The van der Waals surface area contributed by atoms with Crippen molar-refractivity contribution in [2.75, 3.05) is 16.9 Å². The highest BCUT2D eigenvalue weighted by molar-refractivity contribution is 6.15. The van der Waals surface area contributed by atoms with Crippen LogP contribution in [-0.4, -0.2) is 34.7 Å². The van der Waals surface area contributed by atoms with Gasteiger partial charge in [0, 0.05) is 48.2 Å². The van der Waals surface area contributed by atoms with Crippen LogP contribution >= 0.6 is 0 Å². The molecule has 2 heterocycles. The summed E-state index contributed by atoms with van der Waals surface area (Å²) in [7, 11) is 0. The lowest BCUT2D eigenvalue weighted by Crippen LogP contribution is -2.31. The van der Waals surface area contributed by atoms with Gasteiger partial charge in [0.1, 0.15) is 12.1 Å². The van der Waals surface area contributed by atoms with Crippen LogP contribution in [0.4, 0.5) is 28.9 Å².